The number of hydrogen-bond acceptors (Lipinski definition) is 5. The summed E-state index contributed by atoms with van der Waals surface area (Å²) < 4.78 is 4.94. The van der Waals surface area contributed by atoms with Gasteiger partial charge in [0.25, 0.3) is 5.91 Å². The van der Waals surface area contributed by atoms with Crippen molar-refractivity contribution in [1.82, 2.24) is 15.1 Å². The first-order valence-electron chi connectivity index (χ1n) is 11.2. The Balaban J connectivity index is 1.36. The lowest BCUT2D eigenvalue weighted by Gasteiger charge is -2.37. The van der Waals surface area contributed by atoms with Crippen molar-refractivity contribution in [3.63, 3.8) is 0 Å². The molecular formula is C23H34N4O3. The van der Waals surface area contributed by atoms with E-state index >= 15 is 0 Å². The maximum absolute atomic E-state index is 12.8. The van der Waals surface area contributed by atoms with Crippen molar-refractivity contribution in [2.24, 2.45) is 5.73 Å². The minimum atomic E-state index is -0.253. The smallest absolute Gasteiger partial charge is 0.251 e. The molecule has 30 heavy (non-hydrogen) atoms. The van der Waals surface area contributed by atoms with Crippen molar-refractivity contribution in [2.75, 3.05) is 46.4 Å². The molecule has 4 rings (SSSR count). The van der Waals surface area contributed by atoms with Crippen molar-refractivity contribution in [2.45, 2.75) is 49.6 Å². The molecule has 0 radical (unpaired) electrons. The second-order valence-corrected chi connectivity index (χ2v) is 9.15. The molecule has 1 aromatic rings. The number of nitrogens with zero attached hydrogens (tertiary/aromatic N) is 2. The van der Waals surface area contributed by atoms with Gasteiger partial charge in [-0.2, -0.15) is 0 Å². The van der Waals surface area contributed by atoms with Gasteiger partial charge in [0.2, 0.25) is 5.91 Å². The molecular weight excluding hydrogens is 380 g/mol. The van der Waals surface area contributed by atoms with E-state index in [-0.39, 0.29) is 35.9 Å². The number of carbonyl (C=O) groups is 2. The lowest BCUT2D eigenvalue weighted by atomic mass is 9.94. The van der Waals surface area contributed by atoms with Crippen LogP contribution in [-0.2, 0) is 14.9 Å². The molecule has 2 amide bonds. The number of ether oxygens (including phenoxy) is 1. The highest BCUT2D eigenvalue weighted by Crippen LogP contribution is 2.49. The quantitative estimate of drug-likeness (QED) is 0.698. The highest BCUT2D eigenvalue weighted by atomic mass is 16.5. The highest BCUT2D eigenvalue weighted by Gasteiger charge is 2.45. The standard InChI is InChI=1S/C23H34N4O3/c1-30-15-21(28)27-13-8-19(24)20(14-27)25-22(29)17-4-6-18(7-5-17)23(9-10-23)16-26-11-2-3-12-26/h4-7,19-20H,2-3,8-16,24H2,1H3,(H,25,29). The van der Waals surface area contributed by atoms with Crippen molar-refractivity contribution in [1.29, 1.82) is 0 Å². The van der Waals surface area contributed by atoms with Crippen molar-refractivity contribution in [3.05, 3.63) is 35.4 Å². The summed E-state index contributed by atoms with van der Waals surface area (Å²) in [7, 11) is 1.51. The first-order chi connectivity index (χ1) is 14.5. The van der Waals surface area contributed by atoms with Crippen LogP contribution in [0.4, 0.5) is 0 Å². The number of methoxy groups -OCH3 is 1. The van der Waals surface area contributed by atoms with Crippen LogP contribution < -0.4 is 11.1 Å². The molecule has 7 nitrogen and oxygen atoms in total. The number of piperidine rings is 1. The van der Waals surface area contributed by atoms with Gasteiger partial charge in [-0.05, 0) is 62.9 Å². The van der Waals surface area contributed by atoms with Gasteiger partial charge < -0.3 is 25.6 Å². The lowest BCUT2D eigenvalue weighted by Crippen LogP contribution is -2.59. The third-order valence-corrected chi connectivity index (χ3v) is 6.94. The Bertz CT molecular complexity index is 756. The van der Waals surface area contributed by atoms with E-state index in [0.29, 0.717) is 25.1 Å². The second kappa shape index (κ2) is 9.04. The Morgan fingerprint density at radius 2 is 1.87 bits per heavy atom. The zero-order valence-corrected chi connectivity index (χ0v) is 17.9. The molecule has 3 N–H and O–H groups in total. The number of nitrogens with two attached hydrogens (primary N) is 1. The fourth-order valence-electron chi connectivity index (χ4n) is 4.85. The monoisotopic (exact) mass is 414 g/mol. The average molecular weight is 415 g/mol. The van der Waals surface area contributed by atoms with Crippen molar-refractivity contribution < 1.29 is 14.3 Å². The van der Waals surface area contributed by atoms with Gasteiger partial charge in [-0.3, -0.25) is 9.59 Å². The predicted octanol–water partition coefficient (Wildman–Crippen LogP) is 1.12. The number of carbonyl (C=O) groups excluding carboxylic acids is 2. The van der Waals surface area contributed by atoms with Gasteiger partial charge in [-0.15, -0.1) is 0 Å². The van der Waals surface area contributed by atoms with E-state index in [9.17, 15) is 9.59 Å². The molecule has 1 aromatic carbocycles. The largest absolute Gasteiger partial charge is 0.375 e. The van der Waals surface area contributed by atoms with E-state index in [2.05, 4.69) is 22.3 Å². The Morgan fingerprint density at radius 3 is 2.50 bits per heavy atom. The summed E-state index contributed by atoms with van der Waals surface area (Å²) >= 11 is 0. The number of likely N-dealkylation sites (tertiary alicyclic amines) is 2. The molecule has 0 bridgehead atoms. The minimum Gasteiger partial charge on any atom is -0.375 e. The lowest BCUT2D eigenvalue weighted by molar-refractivity contribution is -0.136. The molecule has 164 valence electrons. The van der Waals surface area contributed by atoms with Crippen molar-refractivity contribution >= 4 is 11.8 Å². The third-order valence-electron chi connectivity index (χ3n) is 6.94. The van der Waals surface area contributed by atoms with Crippen LogP contribution in [0.1, 0.15) is 48.0 Å². The molecule has 0 aromatic heterocycles. The van der Waals surface area contributed by atoms with E-state index in [0.717, 1.165) is 6.54 Å². The van der Waals surface area contributed by atoms with Gasteiger partial charge >= 0.3 is 0 Å². The number of nitrogens with one attached hydrogen (secondary N) is 1. The molecule has 0 spiro atoms. The van der Waals surface area contributed by atoms with Crippen LogP contribution in [0.2, 0.25) is 0 Å². The summed E-state index contributed by atoms with van der Waals surface area (Å²) in [6, 6.07) is 7.68. The van der Waals surface area contributed by atoms with Gasteiger partial charge in [0.05, 0.1) is 6.04 Å². The summed E-state index contributed by atoms with van der Waals surface area (Å²) in [4.78, 5) is 29.2. The van der Waals surface area contributed by atoms with Gasteiger partial charge in [0.1, 0.15) is 6.61 Å². The van der Waals surface area contributed by atoms with Crippen molar-refractivity contribution in [3.8, 4) is 0 Å². The molecule has 1 aliphatic carbocycles. The van der Waals surface area contributed by atoms with Crippen LogP contribution in [0, 0.1) is 0 Å². The molecule has 7 heteroatoms. The predicted molar refractivity (Wildman–Crippen MR) is 115 cm³/mol. The maximum Gasteiger partial charge on any atom is 0.251 e. The molecule has 2 unspecified atom stereocenters. The third kappa shape index (κ3) is 4.68. The molecule has 2 saturated heterocycles. The van der Waals surface area contributed by atoms with Crippen LogP contribution in [0.15, 0.2) is 24.3 Å². The van der Waals surface area contributed by atoms with Crippen LogP contribution >= 0.6 is 0 Å². The van der Waals surface area contributed by atoms with Crippen LogP contribution in [0.3, 0.4) is 0 Å². The highest BCUT2D eigenvalue weighted by molar-refractivity contribution is 5.94. The SMILES string of the molecule is COCC(=O)N1CCC(N)C(NC(=O)c2ccc(C3(CN4CCCC4)CC3)cc2)C1. The molecule has 2 atom stereocenters. The van der Waals surface area contributed by atoms with Gasteiger partial charge in [-0.1, -0.05) is 12.1 Å². The molecule has 1 saturated carbocycles. The first-order valence-corrected chi connectivity index (χ1v) is 11.2. The van der Waals surface area contributed by atoms with Gasteiger partial charge in [0.15, 0.2) is 0 Å². The second-order valence-electron chi connectivity index (χ2n) is 9.15. The summed E-state index contributed by atoms with van der Waals surface area (Å²) in [5.41, 5.74) is 8.49. The Labute approximate surface area is 178 Å². The van der Waals surface area contributed by atoms with E-state index in [1.165, 1.54) is 51.4 Å². The molecule has 2 aliphatic heterocycles. The normalized spacial score (nSPS) is 25.9. The minimum absolute atomic E-state index is 0.0521. The van der Waals surface area contributed by atoms with E-state index in [1.807, 2.05) is 12.1 Å². The van der Waals surface area contributed by atoms with Gasteiger partial charge in [0, 0.05) is 43.8 Å². The Kier molecular flexibility index (Phi) is 6.41. The summed E-state index contributed by atoms with van der Waals surface area (Å²) in [5.74, 6) is -0.201. The molecule has 2 heterocycles. The number of benzene rings is 1. The molecule has 3 fully saturated rings. The first kappa shape index (κ1) is 21.3. The fourth-order valence-corrected chi connectivity index (χ4v) is 4.85. The van der Waals surface area contributed by atoms with E-state index in [4.69, 9.17) is 10.5 Å². The zero-order chi connectivity index (χ0) is 21.1. The average Bonchev–Trinajstić information content (AvgIpc) is 3.35. The topological polar surface area (TPSA) is 87.9 Å². The summed E-state index contributed by atoms with van der Waals surface area (Å²) in [5, 5.41) is 3.04. The summed E-state index contributed by atoms with van der Waals surface area (Å²) in [6.45, 7) is 4.65. The maximum atomic E-state index is 12.8. The van der Waals surface area contributed by atoms with Crippen LogP contribution in [0.25, 0.3) is 0 Å². The Morgan fingerprint density at radius 1 is 1.17 bits per heavy atom. The van der Waals surface area contributed by atoms with Gasteiger partial charge in [-0.25, -0.2) is 0 Å². The van der Waals surface area contributed by atoms with Crippen LogP contribution in [-0.4, -0.2) is 80.1 Å². The Hall–Kier alpha value is -1.96. The fraction of sp³-hybridized carbons (Fsp3) is 0.652. The summed E-state index contributed by atoms with van der Waals surface area (Å²) in [6.07, 6.45) is 5.76. The number of amides is 2. The molecule has 3 aliphatic rings. The number of rotatable bonds is 7. The zero-order valence-electron chi connectivity index (χ0n) is 17.9. The van der Waals surface area contributed by atoms with Crippen LogP contribution in [0.5, 0.6) is 0 Å². The van der Waals surface area contributed by atoms with E-state index in [1.54, 1.807) is 4.90 Å². The van der Waals surface area contributed by atoms with E-state index < -0.39 is 0 Å². The number of hydrogen-bond donors (Lipinski definition) is 2.